The van der Waals surface area contributed by atoms with Gasteiger partial charge < -0.3 is 4.98 Å². The second kappa shape index (κ2) is 7.04. The first kappa shape index (κ1) is 20.0. The number of H-pyrrole nitrogens is 1. The van der Waals surface area contributed by atoms with Gasteiger partial charge in [0.05, 0.1) is 22.5 Å². The summed E-state index contributed by atoms with van der Waals surface area (Å²) in [7, 11) is 0. The average molecular weight is 496 g/mol. The molecule has 2 aromatic heterocycles. The first-order valence-corrected chi connectivity index (χ1v) is 13.0. The van der Waals surface area contributed by atoms with Crippen molar-refractivity contribution in [3.8, 4) is 0 Å². The van der Waals surface area contributed by atoms with Gasteiger partial charge >= 0.3 is 4.87 Å². The van der Waals surface area contributed by atoms with Crippen LogP contribution in [0.25, 0.3) is 0 Å². The van der Waals surface area contributed by atoms with Crippen molar-refractivity contribution in [1.82, 2.24) is 9.97 Å². The fourth-order valence-corrected chi connectivity index (χ4v) is 9.81. The molecule has 2 amide bonds. The van der Waals surface area contributed by atoms with Crippen molar-refractivity contribution in [2.24, 2.45) is 29.6 Å². The quantitative estimate of drug-likeness (QED) is 0.540. The Morgan fingerprint density at radius 3 is 2.52 bits per heavy atom. The Kier molecular flexibility index (Phi) is 4.27. The Hall–Kier alpha value is -2.42. The summed E-state index contributed by atoms with van der Waals surface area (Å²) in [5.74, 6) is -0.396. The predicted molar refractivity (Wildman–Crippen MR) is 127 cm³/mol. The molecule has 1 aromatic carbocycles. The van der Waals surface area contributed by atoms with Crippen LogP contribution in [0.5, 0.6) is 0 Å². The van der Waals surface area contributed by atoms with Crippen LogP contribution < -0.4 is 9.77 Å². The van der Waals surface area contributed by atoms with Crippen LogP contribution in [0.4, 0.5) is 5.69 Å². The van der Waals surface area contributed by atoms with Crippen molar-refractivity contribution in [3.63, 3.8) is 0 Å². The minimum absolute atomic E-state index is 0.00679. The Balaban J connectivity index is 1.33. The van der Waals surface area contributed by atoms with Gasteiger partial charge in [0.1, 0.15) is 0 Å². The monoisotopic (exact) mass is 495 g/mol. The summed E-state index contributed by atoms with van der Waals surface area (Å²) in [4.78, 5) is 49.2. The Bertz CT molecular complexity index is 1360. The predicted octanol–water partition coefficient (Wildman–Crippen LogP) is 4.16. The summed E-state index contributed by atoms with van der Waals surface area (Å²) in [6, 6.07) is 10.9. The molecule has 6 nitrogen and oxygen atoms in total. The third kappa shape index (κ3) is 2.68. The molecular formula is C24H18ClN3O3S2. The smallest absolute Gasteiger partial charge is 0.305 e. The lowest BCUT2D eigenvalue weighted by Gasteiger charge is -2.42. The first-order valence-electron chi connectivity index (χ1n) is 11.0. The van der Waals surface area contributed by atoms with Crippen molar-refractivity contribution < 1.29 is 9.59 Å². The molecule has 166 valence electrons. The molecule has 3 aromatic rings. The molecule has 2 bridgehead atoms. The maximum Gasteiger partial charge on any atom is 0.305 e. The molecular weight excluding hydrogens is 478 g/mol. The minimum Gasteiger partial charge on any atom is -0.307 e. The number of nitrogens with one attached hydrogen (secondary N) is 1. The van der Waals surface area contributed by atoms with Crippen molar-refractivity contribution in [2.75, 3.05) is 4.90 Å². The van der Waals surface area contributed by atoms with E-state index in [1.165, 1.54) is 16.2 Å². The van der Waals surface area contributed by atoms with Gasteiger partial charge in [-0.05, 0) is 60.1 Å². The van der Waals surface area contributed by atoms with E-state index in [0.29, 0.717) is 10.7 Å². The van der Waals surface area contributed by atoms with Crippen LogP contribution in [0.2, 0.25) is 5.02 Å². The molecule has 7 atom stereocenters. The summed E-state index contributed by atoms with van der Waals surface area (Å²) in [6.07, 6.45) is 4.50. The number of benzene rings is 1. The molecule has 2 aliphatic heterocycles. The van der Waals surface area contributed by atoms with Crippen LogP contribution in [0.1, 0.15) is 22.8 Å². The zero-order valence-electron chi connectivity index (χ0n) is 17.2. The molecule has 1 saturated heterocycles. The number of carbonyl (C=O) groups is 2. The highest BCUT2D eigenvalue weighted by Gasteiger charge is 2.69. The van der Waals surface area contributed by atoms with Gasteiger partial charge in [-0.3, -0.25) is 24.3 Å². The van der Waals surface area contributed by atoms with E-state index < -0.39 is 0 Å². The molecule has 4 heterocycles. The number of aromatic amines is 1. The van der Waals surface area contributed by atoms with Crippen LogP contribution in [-0.4, -0.2) is 27.0 Å². The summed E-state index contributed by atoms with van der Waals surface area (Å²) in [6.45, 7) is 0. The van der Waals surface area contributed by atoms with Gasteiger partial charge in [-0.2, -0.15) is 0 Å². The van der Waals surface area contributed by atoms with E-state index in [1.54, 1.807) is 42.2 Å². The minimum atomic E-state index is -0.309. The third-order valence-electron chi connectivity index (χ3n) is 7.85. The molecule has 33 heavy (non-hydrogen) atoms. The number of nitrogens with zero attached hydrogens (tertiary/aromatic N) is 2. The average Bonchev–Trinajstić information content (AvgIpc) is 3.54. The van der Waals surface area contributed by atoms with Gasteiger partial charge in [0.15, 0.2) is 0 Å². The van der Waals surface area contributed by atoms with Gasteiger partial charge in [0, 0.05) is 33.5 Å². The zero-order chi connectivity index (χ0) is 22.4. The third-order valence-corrected chi connectivity index (χ3v) is 10.7. The number of imide groups is 1. The lowest BCUT2D eigenvalue weighted by atomic mass is 9.68. The topological polar surface area (TPSA) is 83.1 Å². The van der Waals surface area contributed by atoms with Crippen molar-refractivity contribution in [2.45, 2.75) is 22.6 Å². The highest BCUT2D eigenvalue weighted by Crippen LogP contribution is 2.68. The molecule has 0 unspecified atom stereocenters. The number of pyridine rings is 1. The van der Waals surface area contributed by atoms with Crippen LogP contribution in [0.3, 0.4) is 0 Å². The highest BCUT2D eigenvalue weighted by atomic mass is 35.5. The Labute approximate surface area is 202 Å². The van der Waals surface area contributed by atoms with E-state index >= 15 is 0 Å². The van der Waals surface area contributed by atoms with Crippen molar-refractivity contribution >= 4 is 52.2 Å². The molecule has 4 aliphatic rings. The molecule has 7 rings (SSSR count). The normalized spacial score (nSPS) is 33.8. The number of hydrogen-bond acceptors (Lipinski definition) is 6. The lowest BCUT2D eigenvalue weighted by Crippen LogP contribution is -2.42. The molecule has 9 heteroatoms. The van der Waals surface area contributed by atoms with Gasteiger partial charge in [-0.15, -0.1) is 11.8 Å². The zero-order valence-corrected chi connectivity index (χ0v) is 19.6. The highest BCUT2D eigenvalue weighted by molar-refractivity contribution is 8.00. The number of thioether (sulfide) groups is 1. The molecule has 2 aliphatic carbocycles. The van der Waals surface area contributed by atoms with E-state index in [-0.39, 0.29) is 57.4 Å². The largest absolute Gasteiger partial charge is 0.307 e. The van der Waals surface area contributed by atoms with E-state index in [1.807, 2.05) is 12.3 Å². The summed E-state index contributed by atoms with van der Waals surface area (Å²) in [5.41, 5.74) is 1.66. The first-order chi connectivity index (χ1) is 16.0. The second-order valence-electron chi connectivity index (χ2n) is 9.24. The van der Waals surface area contributed by atoms with Crippen LogP contribution in [0.15, 0.2) is 58.6 Å². The second-order valence-corrected chi connectivity index (χ2v) is 11.9. The van der Waals surface area contributed by atoms with Crippen LogP contribution in [0, 0.1) is 29.6 Å². The molecule has 3 fully saturated rings. The standard InChI is InChI=1S/C24H18ClN3O3S2/c25-11-3-5-12(6-4-11)28-22(29)17-13-8-14(18(17)23(28)30)19-16(13)15(10-2-1-7-26-9-10)20-21(32-19)27-24(31)33-20/h1-7,9,13-19H,8H2,(H,27,31)/t13-,14-,15-,16-,17-,18+,19-/m0/s1. The van der Waals surface area contributed by atoms with Crippen LogP contribution in [-0.2, 0) is 9.59 Å². The van der Waals surface area contributed by atoms with Crippen LogP contribution >= 0.6 is 34.7 Å². The maximum absolute atomic E-state index is 13.6. The van der Waals surface area contributed by atoms with Crippen molar-refractivity contribution in [1.29, 1.82) is 0 Å². The molecule has 1 N–H and O–H groups in total. The lowest BCUT2D eigenvalue weighted by molar-refractivity contribution is -0.123. The fraction of sp³-hybridized carbons (Fsp3) is 0.333. The Morgan fingerprint density at radius 1 is 1.03 bits per heavy atom. The number of hydrogen-bond donors (Lipinski definition) is 1. The number of anilines is 1. The number of carbonyl (C=O) groups excluding carboxylic acids is 2. The van der Waals surface area contributed by atoms with Crippen molar-refractivity contribution in [3.05, 3.63) is 73.9 Å². The number of aromatic nitrogens is 2. The number of rotatable bonds is 2. The SMILES string of the molecule is O=C1[C@@H]2[C@@H]3C[C@H]([C@@H]2C(=O)N1c1ccc(Cl)cc1)[C@H]1[C@H](c2cccnc2)c2sc(=O)[nH]c2S[C@@H]31. The van der Waals surface area contributed by atoms with Gasteiger partial charge in [-0.1, -0.05) is 29.0 Å². The number of thiazole rings is 1. The fourth-order valence-electron chi connectivity index (χ4n) is 6.79. The summed E-state index contributed by atoms with van der Waals surface area (Å²) in [5, 5.41) is 1.66. The molecule has 0 spiro atoms. The van der Waals surface area contributed by atoms with Gasteiger partial charge in [0.2, 0.25) is 11.8 Å². The molecule has 0 radical (unpaired) electrons. The molecule has 2 saturated carbocycles. The number of fused-ring (bicyclic) bond motifs is 9. The number of amides is 2. The van der Waals surface area contributed by atoms with E-state index in [0.717, 1.165) is 21.9 Å². The Morgan fingerprint density at radius 2 is 1.79 bits per heavy atom. The van der Waals surface area contributed by atoms with Gasteiger partial charge in [0.25, 0.3) is 0 Å². The summed E-state index contributed by atoms with van der Waals surface area (Å²) < 4.78 is 0. The van der Waals surface area contributed by atoms with E-state index in [9.17, 15) is 14.4 Å². The number of halogens is 1. The summed E-state index contributed by atoms with van der Waals surface area (Å²) >= 11 is 8.98. The maximum atomic E-state index is 13.6. The van der Waals surface area contributed by atoms with E-state index in [4.69, 9.17) is 11.6 Å². The van der Waals surface area contributed by atoms with E-state index in [2.05, 4.69) is 16.0 Å². The van der Waals surface area contributed by atoms with Gasteiger partial charge in [-0.25, -0.2) is 0 Å².